The highest BCUT2D eigenvalue weighted by Crippen LogP contribution is 2.27. The molecule has 0 saturated carbocycles. The Kier molecular flexibility index (Phi) is 6.28. The van der Waals surface area contributed by atoms with Crippen molar-refractivity contribution in [3.05, 3.63) is 79.1 Å². The number of amides is 1. The van der Waals surface area contributed by atoms with Crippen molar-refractivity contribution in [3.8, 4) is 22.9 Å². The van der Waals surface area contributed by atoms with Crippen LogP contribution in [0.1, 0.15) is 6.92 Å². The highest BCUT2D eigenvalue weighted by molar-refractivity contribution is 8.00. The van der Waals surface area contributed by atoms with Gasteiger partial charge in [0.2, 0.25) is 5.91 Å². The van der Waals surface area contributed by atoms with E-state index in [1.807, 2.05) is 85.3 Å². The van der Waals surface area contributed by atoms with Crippen LogP contribution in [0.4, 0.5) is 5.69 Å². The molecule has 0 aliphatic heterocycles. The number of benzene rings is 2. The van der Waals surface area contributed by atoms with Crippen LogP contribution in [0.2, 0.25) is 0 Å². The van der Waals surface area contributed by atoms with Crippen LogP contribution in [-0.2, 0) is 11.8 Å². The number of carbonyl (C=O) groups is 1. The van der Waals surface area contributed by atoms with Crippen molar-refractivity contribution in [2.45, 2.75) is 17.3 Å². The lowest BCUT2D eigenvalue weighted by Crippen LogP contribution is -2.22. The third-order valence-corrected chi connectivity index (χ3v) is 5.64. The molecule has 0 spiro atoms. The number of nitrogens with zero attached hydrogens (tertiary/aromatic N) is 4. The van der Waals surface area contributed by atoms with Gasteiger partial charge in [0.1, 0.15) is 11.5 Å². The van der Waals surface area contributed by atoms with Gasteiger partial charge in [-0.25, -0.2) is 0 Å². The summed E-state index contributed by atoms with van der Waals surface area (Å²) in [5.41, 5.74) is 1.58. The lowest BCUT2D eigenvalue weighted by molar-refractivity contribution is -0.115. The van der Waals surface area contributed by atoms with Crippen LogP contribution in [0.3, 0.4) is 0 Å². The van der Waals surface area contributed by atoms with Gasteiger partial charge in [-0.2, -0.15) is 0 Å². The Labute approximate surface area is 184 Å². The number of nitrogens with one attached hydrogen (secondary N) is 1. The first-order valence-electron chi connectivity index (χ1n) is 9.70. The molecular weight excluding hydrogens is 410 g/mol. The standard InChI is InChI=1S/C23H21N5O2S/c1-16(31-23-27-26-21(28(23)2)17-7-6-14-24-15-17)22(29)25-18-10-12-20(13-11-18)30-19-8-4-3-5-9-19/h3-16H,1-2H3,(H,25,29). The molecule has 0 saturated heterocycles. The van der Waals surface area contributed by atoms with Crippen LogP contribution in [0.15, 0.2) is 84.3 Å². The van der Waals surface area contributed by atoms with Crippen LogP contribution >= 0.6 is 11.8 Å². The normalized spacial score (nSPS) is 11.7. The van der Waals surface area contributed by atoms with Crippen LogP contribution in [0.25, 0.3) is 11.4 Å². The molecule has 4 aromatic rings. The van der Waals surface area contributed by atoms with Gasteiger partial charge >= 0.3 is 0 Å². The van der Waals surface area contributed by atoms with Crippen molar-refractivity contribution in [1.29, 1.82) is 0 Å². The molecule has 0 bridgehead atoms. The Balaban J connectivity index is 1.36. The molecule has 156 valence electrons. The van der Waals surface area contributed by atoms with E-state index in [0.717, 1.165) is 11.3 Å². The number of para-hydroxylation sites is 1. The monoisotopic (exact) mass is 431 g/mol. The van der Waals surface area contributed by atoms with Gasteiger partial charge in [-0.1, -0.05) is 30.0 Å². The maximum absolute atomic E-state index is 12.7. The van der Waals surface area contributed by atoms with Crippen molar-refractivity contribution in [3.63, 3.8) is 0 Å². The summed E-state index contributed by atoms with van der Waals surface area (Å²) in [6.45, 7) is 1.84. The summed E-state index contributed by atoms with van der Waals surface area (Å²) < 4.78 is 7.64. The minimum absolute atomic E-state index is 0.118. The number of carbonyl (C=O) groups excluding carboxylic acids is 1. The number of anilines is 1. The van der Waals surface area contributed by atoms with Crippen LogP contribution in [0.5, 0.6) is 11.5 Å². The Hall–Kier alpha value is -3.65. The van der Waals surface area contributed by atoms with Crippen LogP contribution in [0, 0.1) is 0 Å². The molecule has 0 aliphatic carbocycles. The van der Waals surface area contributed by atoms with Crippen LogP contribution < -0.4 is 10.1 Å². The number of pyridine rings is 1. The van der Waals surface area contributed by atoms with Crippen molar-refractivity contribution < 1.29 is 9.53 Å². The van der Waals surface area contributed by atoms with Gasteiger partial charge < -0.3 is 14.6 Å². The minimum Gasteiger partial charge on any atom is -0.457 e. The molecule has 2 aromatic heterocycles. The third kappa shape index (κ3) is 5.10. The molecule has 0 aliphatic rings. The van der Waals surface area contributed by atoms with E-state index in [4.69, 9.17) is 4.74 Å². The van der Waals surface area contributed by atoms with Crippen molar-refractivity contribution in [2.24, 2.45) is 7.05 Å². The van der Waals surface area contributed by atoms with Gasteiger partial charge in [0.15, 0.2) is 11.0 Å². The first-order valence-corrected chi connectivity index (χ1v) is 10.6. The quantitative estimate of drug-likeness (QED) is 0.424. The average Bonchev–Trinajstić information content (AvgIpc) is 3.16. The Morgan fingerprint density at radius 3 is 2.45 bits per heavy atom. The highest BCUT2D eigenvalue weighted by atomic mass is 32.2. The van der Waals surface area contributed by atoms with E-state index in [1.54, 1.807) is 12.4 Å². The zero-order valence-electron chi connectivity index (χ0n) is 17.1. The molecular formula is C23H21N5O2S. The first-order chi connectivity index (χ1) is 15.1. The first kappa shape index (κ1) is 20.6. The van der Waals surface area contributed by atoms with Gasteiger partial charge in [0.05, 0.1) is 5.25 Å². The Bertz CT molecular complexity index is 1150. The van der Waals surface area contributed by atoms with E-state index in [2.05, 4.69) is 20.5 Å². The maximum atomic E-state index is 12.7. The summed E-state index contributed by atoms with van der Waals surface area (Å²) in [6.07, 6.45) is 3.45. The van der Waals surface area contributed by atoms with E-state index in [9.17, 15) is 4.79 Å². The fraction of sp³-hybridized carbons (Fsp3) is 0.130. The SMILES string of the molecule is CC(Sc1nnc(-c2cccnc2)n1C)C(=O)Nc1ccc(Oc2ccccc2)cc1. The summed E-state index contributed by atoms with van der Waals surface area (Å²) in [6, 6.07) is 20.6. The molecule has 1 unspecified atom stereocenters. The third-order valence-electron chi connectivity index (χ3n) is 4.51. The van der Waals surface area contributed by atoms with Crippen LogP contribution in [-0.4, -0.2) is 30.9 Å². The largest absolute Gasteiger partial charge is 0.457 e. The number of thioether (sulfide) groups is 1. The summed E-state index contributed by atoms with van der Waals surface area (Å²) in [7, 11) is 1.88. The summed E-state index contributed by atoms with van der Waals surface area (Å²) >= 11 is 1.35. The molecule has 1 amide bonds. The van der Waals surface area contributed by atoms with Gasteiger partial charge in [-0.05, 0) is 55.5 Å². The van der Waals surface area contributed by atoms with Gasteiger partial charge in [0.25, 0.3) is 0 Å². The lowest BCUT2D eigenvalue weighted by Gasteiger charge is -2.12. The zero-order chi connectivity index (χ0) is 21.6. The summed E-state index contributed by atoms with van der Waals surface area (Å²) in [5.74, 6) is 2.05. The average molecular weight is 432 g/mol. The van der Waals surface area contributed by atoms with Gasteiger partial charge in [0, 0.05) is 30.7 Å². The molecule has 2 aromatic carbocycles. The van der Waals surface area contributed by atoms with E-state index >= 15 is 0 Å². The Morgan fingerprint density at radius 2 is 1.74 bits per heavy atom. The minimum atomic E-state index is -0.357. The molecule has 31 heavy (non-hydrogen) atoms. The fourth-order valence-electron chi connectivity index (χ4n) is 2.85. The van der Waals surface area contributed by atoms with Gasteiger partial charge in [-0.15, -0.1) is 10.2 Å². The number of hydrogen-bond acceptors (Lipinski definition) is 6. The highest BCUT2D eigenvalue weighted by Gasteiger charge is 2.19. The fourth-order valence-corrected chi connectivity index (χ4v) is 3.67. The predicted molar refractivity (Wildman–Crippen MR) is 121 cm³/mol. The molecule has 4 rings (SSSR count). The van der Waals surface area contributed by atoms with E-state index in [-0.39, 0.29) is 11.2 Å². The predicted octanol–water partition coefficient (Wildman–Crippen LogP) is 4.79. The molecule has 2 heterocycles. The number of hydrogen-bond donors (Lipinski definition) is 1. The number of rotatable bonds is 7. The second-order valence-corrected chi connectivity index (χ2v) is 8.10. The molecule has 1 atom stereocenters. The summed E-state index contributed by atoms with van der Waals surface area (Å²) in [5, 5.41) is 11.7. The topological polar surface area (TPSA) is 81.9 Å². The lowest BCUT2D eigenvalue weighted by atomic mass is 10.3. The van der Waals surface area contributed by atoms with E-state index < -0.39 is 0 Å². The maximum Gasteiger partial charge on any atom is 0.237 e. The van der Waals surface area contributed by atoms with E-state index in [1.165, 1.54) is 11.8 Å². The second-order valence-electron chi connectivity index (χ2n) is 6.80. The van der Waals surface area contributed by atoms with E-state index in [0.29, 0.717) is 22.4 Å². The molecule has 0 radical (unpaired) electrons. The molecule has 1 N–H and O–H groups in total. The number of ether oxygens (including phenoxy) is 1. The molecule has 0 fully saturated rings. The smallest absolute Gasteiger partial charge is 0.237 e. The van der Waals surface area contributed by atoms with Crippen molar-refractivity contribution in [2.75, 3.05) is 5.32 Å². The Morgan fingerprint density at radius 1 is 1.00 bits per heavy atom. The number of aromatic nitrogens is 4. The summed E-state index contributed by atoms with van der Waals surface area (Å²) in [4.78, 5) is 16.8. The molecule has 8 heteroatoms. The van der Waals surface area contributed by atoms with Crippen molar-refractivity contribution in [1.82, 2.24) is 19.7 Å². The van der Waals surface area contributed by atoms with Crippen molar-refractivity contribution >= 4 is 23.4 Å². The zero-order valence-corrected chi connectivity index (χ0v) is 17.9. The van der Waals surface area contributed by atoms with Gasteiger partial charge in [-0.3, -0.25) is 9.78 Å². The second kappa shape index (κ2) is 9.44. The molecule has 7 nitrogen and oxygen atoms in total.